The third-order valence-corrected chi connectivity index (χ3v) is 7.82. The fourth-order valence-electron chi connectivity index (χ4n) is 4.24. The molecule has 3 rings (SSSR count). The highest BCUT2D eigenvalue weighted by Crippen LogP contribution is 2.25. The Bertz CT molecular complexity index is 1460. The van der Waals surface area contributed by atoms with Crippen LogP contribution in [0.1, 0.15) is 37.5 Å². The van der Waals surface area contributed by atoms with Gasteiger partial charge < -0.3 is 10.2 Å². The number of benzene rings is 3. The Balaban J connectivity index is 2.10. The highest BCUT2D eigenvalue weighted by molar-refractivity contribution is 7.92. The molecule has 0 aliphatic carbocycles. The number of sulfonamides is 1. The third kappa shape index (κ3) is 8.98. The summed E-state index contributed by atoms with van der Waals surface area (Å²) in [6, 6.07) is 20.2. The summed E-state index contributed by atoms with van der Waals surface area (Å²) in [5, 5.41) is 3.75. The smallest absolute Gasteiger partial charge is 0.244 e. The average Bonchev–Trinajstić information content (AvgIpc) is 2.84. The van der Waals surface area contributed by atoms with Crippen molar-refractivity contribution in [2.75, 3.05) is 17.1 Å². The van der Waals surface area contributed by atoms with E-state index in [9.17, 15) is 18.0 Å². The molecule has 0 fully saturated rings. The number of carbonyl (C=O) groups excluding carboxylic acids is 2. The lowest BCUT2D eigenvalue weighted by atomic mass is 10.0. The van der Waals surface area contributed by atoms with E-state index < -0.39 is 34.1 Å². The maximum atomic E-state index is 14.1. The van der Waals surface area contributed by atoms with Crippen LogP contribution in [-0.4, -0.2) is 49.5 Å². The van der Waals surface area contributed by atoms with Gasteiger partial charge in [0.25, 0.3) is 0 Å². The van der Waals surface area contributed by atoms with Crippen LogP contribution in [-0.2, 0) is 32.6 Å². The van der Waals surface area contributed by atoms with E-state index >= 15 is 0 Å². The van der Waals surface area contributed by atoms with Gasteiger partial charge in [0.05, 0.1) is 11.9 Å². The molecular formula is C30H35Cl2N3O4S. The molecule has 7 nitrogen and oxygen atoms in total. The summed E-state index contributed by atoms with van der Waals surface area (Å²) < 4.78 is 26.8. The number of aryl methyl sites for hydroxylation is 1. The second-order valence-electron chi connectivity index (χ2n) is 10.8. The van der Waals surface area contributed by atoms with Gasteiger partial charge in [-0.05, 0) is 68.7 Å². The maximum absolute atomic E-state index is 14.1. The Hall–Kier alpha value is -3.07. The van der Waals surface area contributed by atoms with Crippen LogP contribution in [0.5, 0.6) is 0 Å². The molecule has 0 aliphatic heterocycles. The molecule has 3 aromatic carbocycles. The van der Waals surface area contributed by atoms with Crippen molar-refractivity contribution in [1.29, 1.82) is 0 Å². The zero-order valence-corrected chi connectivity index (χ0v) is 25.6. The molecule has 214 valence electrons. The van der Waals surface area contributed by atoms with E-state index in [-0.39, 0.29) is 18.9 Å². The predicted octanol–water partition coefficient (Wildman–Crippen LogP) is 5.62. The van der Waals surface area contributed by atoms with Gasteiger partial charge in [-0.3, -0.25) is 13.9 Å². The molecule has 10 heteroatoms. The number of rotatable bonds is 10. The molecular weight excluding hydrogens is 569 g/mol. The van der Waals surface area contributed by atoms with Gasteiger partial charge >= 0.3 is 0 Å². The molecule has 0 aliphatic rings. The lowest BCUT2D eigenvalue weighted by Gasteiger charge is -2.35. The summed E-state index contributed by atoms with van der Waals surface area (Å²) in [5.74, 6) is -0.917. The Kier molecular flexibility index (Phi) is 10.3. The van der Waals surface area contributed by atoms with Crippen LogP contribution < -0.4 is 9.62 Å². The van der Waals surface area contributed by atoms with E-state index in [0.717, 1.165) is 21.7 Å². The molecule has 0 radical (unpaired) electrons. The molecule has 2 amide bonds. The summed E-state index contributed by atoms with van der Waals surface area (Å²) >= 11 is 12.6. The number of anilines is 1. The molecule has 1 atom stereocenters. The first-order valence-corrected chi connectivity index (χ1v) is 15.4. The van der Waals surface area contributed by atoms with Crippen LogP contribution in [0.2, 0.25) is 10.0 Å². The quantitative estimate of drug-likeness (QED) is 0.326. The van der Waals surface area contributed by atoms with Gasteiger partial charge in [0.1, 0.15) is 12.6 Å². The zero-order valence-electron chi connectivity index (χ0n) is 23.3. The van der Waals surface area contributed by atoms with E-state index in [1.165, 1.54) is 4.90 Å². The SMILES string of the molecule is Cc1cccc(N(CC(=O)N(Cc2ccc(Cl)cc2Cl)C(Cc2ccccc2)C(=O)NC(C)(C)C)S(C)(=O)=O)c1. The van der Waals surface area contributed by atoms with Crippen LogP contribution in [0.25, 0.3) is 0 Å². The van der Waals surface area contributed by atoms with Crippen molar-refractivity contribution >= 4 is 50.7 Å². The number of nitrogens with zero attached hydrogens (tertiary/aromatic N) is 2. The number of nitrogens with one attached hydrogen (secondary N) is 1. The summed E-state index contributed by atoms with van der Waals surface area (Å²) in [7, 11) is -3.84. The minimum Gasteiger partial charge on any atom is -0.350 e. The van der Waals surface area contributed by atoms with Crippen LogP contribution in [0, 0.1) is 6.92 Å². The highest BCUT2D eigenvalue weighted by Gasteiger charge is 2.34. The van der Waals surface area contributed by atoms with Gasteiger partial charge in [-0.25, -0.2) is 8.42 Å². The highest BCUT2D eigenvalue weighted by atomic mass is 35.5. The maximum Gasteiger partial charge on any atom is 0.244 e. The molecule has 0 bridgehead atoms. The van der Waals surface area contributed by atoms with E-state index in [2.05, 4.69) is 5.32 Å². The van der Waals surface area contributed by atoms with Crippen LogP contribution in [0.3, 0.4) is 0 Å². The fraction of sp³-hybridized carbons (Fsp3) is 0.333. The number of carbonyl (C=O) groups is 2. The van der Waals surface area contributed by atoms with Crippen molar-refractivity contribution in [3.05, 3.63) is 99.5 Å². The van der Waals surface area contributed by atoms with Gasteiger partial charge in [0, 0.05) is 28.5 Å². The average molecular weight is 605 g/mol. The van der Waals surface area contributed by atoms with Crippen molar-refractivity contribution in [2.24, 2.45) is 0 Å². The topological polar surface area (TPSA) is 86.8 Å². The predicted molar refractivity (Wildman–Crippen MR) is 162 cm³/mol. The van der Waals surface area contributed by atoms with Crippen molar-refractivity contribution in [2.45, 2.75) is 52.2 Å². The molecule has 1 N–H and O–H groups in total. The third-order valence-electron chi connectivity index (χ3n) is 6.09. The minimum atomic E-state index is -3.84. The van der Waals surface area contributed by atoms with Gasteiger partial charge in [-0.2, -0.15) is 0 Å². The standard InChI is InChI=1S/C30H35Cl2N3O4S/c1-21-10-9-13-25(16-21)35(40(5,38)39)20-28(36)34(19-23-14-15-24(31)18-26(23)32)27(29(37)33-30(2,3)4)17-22-11-7-6-8-12-22/h6-16,18,27H,17,19-20H2,1-5H3,(H,33,37). The fourth-order valence-corrected chi connectivity index (χ4v) is 5.55. The minimum absolute atomic E-state index is 0.0324. The Morgan fingerprint density at radius 3 is 2.20 bits per heavy atom. The molecule has 0 saturated heterocycles. The normalized spacial score (nSPS) is 12.5. The zero-order chi connectivity index (χ0) is 29.7. The van der Waals surface area contributed by atoms with Gasteiger partial charge in [0.15, 0.2) is 0 Å². The molecule has 0 heterocycles. The van der Waals surface area contributed by atoms with Crippen LogP contribution in [0.4, 0.5) is 5.69 Å². The van der Waals surface area contributed by atoms with Crippen molar-refractivity contribution in [3.8, 4) is 0 Å². The first kappa shape index (κ1) is 31.5. The first-order chi connectivity index (χ1) is 18.6. The van der Waals surface area contributed by atoms with Gasteiger partial charge in [0.2, 0.25) is 21.8 Å². The molecule has 40 heavy (non-hydrogen) atoms. The summed E-state index contributed by atoms with van der Waals surface area (Å²) in [6.45, 7) is 6.88. The lowest BCUT2D eigenvalue weighted by Crippen LogP contribution is -2.56. The first-order valence-electron chi connectivity index (χ1n) is 12.8. The molecule has 1 unspecified atom stereocenters. The van der Waals surface area contributed by atoms with E-state index in [4.69, 9.17) is 23.2 Å². The number of hydrogen-bond acceptors (Lipinski definition) is 4. The van der Waals surface area contributed by atoms with Crippen molar-refractivity contribution in [3.63, 3.8) is 0 Å². The van der Waals surface area contributed by atoms with Crippen LogP contribution >= 0.6 is 23.2 Å². The number of hydrogen-bond donors (Lipinski definition) is 1. The summed E-state index contributed by atoms with van der Waals surface area (Å²) in [6.07, 6.45) is 1.26. The Labute approximate surface area is 247 Å². The van der Waals surface area contributed by atoms with Gasteiger partial charge in [-0.15, -0.1) is 0 Å². The molecule has 0 aromatic heterocycles. The Morgan fingerprint density at radius 1 is 0.950 bits per heavy atom. The summed E-state index contributed by atoms with van der Waals surface area (Å²) in [4.78, 5) is 29.3. The second-order valence-corrected chi connectivity index (χ2v) is 13.6. The summed E-state index contributed by atoms with van der Waals surface area (Å²) in [5.41, 5.74) is 2.05. The molecule has 0 saturated carbocycles. The van der Waals surface area contributed by atoms with E-state index in [0.29, 0.717) is 21.3 Å². The Morgan fingerprint density at radius 2 is 1.62 bits per heavy atom. The van der Waals surface area contributed by atoms with Crippen LogP contribution in [0.15, 0.2) is 72.8 Å². The monoisotopic (exact) mass is 603 g/mol. The van der Waals surface area contributed by atoms with Crippen molar-refractivity contribution in [1.82, 2.24) is 10.2 Å². The van der Waals surface area contributed by atoms with E-state index in [1.807, 2.05) is 64.1 Å². The van der Waals surface area contributed by atoms with Crippen molar-refractivity contribution < 1.29 is 18.0 Å². The van der Waals surface area contributed by atoms with E-state index in [1.54, 1.807) is 36.4 Å². The molecule has 0 spiro atoms. The second kappa shape index (κ2) is 13.1. The largest absolute Gasteiger partial charge is 0.350 e. The van der Waals surface area contributed by atoms with Gasteiger partial charge in [-0.1, -0.05) is 71.7 Å². The lowest BCUT2D eigenvalue weighted by molar-refractivity contribution is -0.140. The number of halogens is 2. The number of amides is 2. The molecule has 3 aromatic rings.